The first-order valence-electron chi connectivity index (χ1n) is 5.60. The molecule has 0 fully saturated rings. The zero-order chi connectivity index (χ0) is 14.0. The van der Waals surface area contributed by atoms with Crippen LogP contribution in [0.5, 0.6) is 11.6 Å². The van der Waals surface area contributed by atoms with Crippen LogP contribution in [0.15, 0.2) is 24.3 Å². The maximum absolute atomic E-state index is 7.63. The van der Waals surface area contributed by atoms with Crippen LogP contribution in [-0.2, 0) is 0 Å². The molecule has 0 saturated carbocycles. The van der Waals surface area contributed by atoms with Gasteiger partial charge in [0, 0.05) is 5.02 Å². The van der Waals surface area contributed by atoms with Crippen LogP contribution in [0.25, 0.3) is 0 Å². The maximum Gasteiger partial charge on any atom is 0.250 e. The minimum atomic E-state index is -0.104. The first-order valence-corrected chi connectivity index (χ1v) is 5.98. The van der Waals surface area contributed by atoms with Crippen LogP contribution in [0.3, 0.4) is 0 Å². The normalized spacial score (nSPS) is 10.3. The molecule has 0 bridgehead atoms. The quantitative estimate of drug-likeness (QED) is 0.667. The third kappa shape index (κ3) is 2.82. The summed E-state index contributed by atoms with van der Waals surface area (Å²) in [6.07, 6.45) is 0. The molecule has 6 heteroatoms. The highest BCUT2D eigenvalue weighted by Gasteiger charge is 2.15. The number of nitrogen functional groups attached to an aromatic ring is 1. The van der Waals surface area contributed by atoms with Crippen molar-refractivity contribution in [1.29, 1.82) is 5.41 Å². The fourth-order valence-electron chi connectivity index (χ4n) is 1.62. The molecule has 0 amide bonds. The van der Waals surface area contributed by atoms with Crippen LogP contribution in [0, 0.1) is 19.3 Å². The number of rotatable bonds is 3. The summed E-state index contributed by atoms with van der Waals surface area (Å²) in [6, 6.07) is 6.90. The van der Waals surface area contributed by atoms with Gasteiger partial charge in [0.2, 0.25) is 5.88 Å². The molecule has 2 aromatic rings. The summed E-state index contributed by atoms with van der Waals surface area (Å²) in [7, 11) is 0. The maximum atomic E-state index is 7.63. The highest BCUT2D eigenvalue weighted by Crippen LogP contribution is 2.27. The summed E-state index contributed by atoms with van der Waals surface area (Å²) in [6.45, 7) is 3.63. The van der Waals surface area contributed by atoms with Gasteiger partial charge in [-0.05, 0) is 37.6 Å². The summed E-state index contributed by atoms with van der Waals surface area (Å²) < 4.78 is 5.61. The Balaban J connectivity index is 2.46. The molecule has 0 radical (unpaired) electrons. The lowest BCUT2D eigenvalue weighted by molar-refractivity contribution is 0.452. The van der Waals surface area contributed by atoms with Crippen molar-refractivity contribution in [2.75, 3.05) is 0 Å². The molecule has 3 N–H and O–H groups in total. The average Bonchev–Trinajstić information content (AvgIpc) is 2.33. The lowest BCUT2D eigenvalue weighted by Crippen LogP contribution is -2.16. The lowest BCUT2D eigenvalue weighted by atomic mass is 10.1. The molecule has 0 aliphatic rings. The van der Waals surface area contributed by atoms with Crippen molar-refractivity contribution < 1.29 is 4.74 Å². The second-order valence-electron chi connectivity index (χ2n) is 4.06. The van der Waals surface area contributed by atoms with Crippen LogP contribution in [0.1, 0.15) is 16.8 Å². The summed E-state index contributed by atoms with van der Waals surface area (Å²) in [4.78, 5) is 0. The Bertz CT molecular complexity index is 643. The number of nitrogens with one attached hydrogen (secondary N) is 1. The monoisotopic (exact) mass is 276 g/mol. The van der Waals surface area contributed by atoms with Crippen molar-refractivity contribution in [3.8, 4) is 11.6 Å². The van der Waals surface area contributed by atoms with Gasteiger partial charge in [0.15, 0.2) is 0 Å². The molecule has 1 heterocycles. The number of amidine groups is 1. The first-order chi connectivity index (χ1) is 8.99. The Morgan fingerprint density at radius 2 is 2.05 bits per heavy atom. The predicted molar refractivity (Wildman–Crippen MR) is 74.0 cm³/mol. The van der Waals surface area contributed by atoms with Gasteiger partial charge < -0.3 is 10.5 Å². The van der Waals surface area contributed by atoms with Crippen molar-refractivity contribution in [2.24, 2.45) is 5.73 Å². The molecule has 0 saturated heterocycles. The van der Waals surface area contributed by atoms with E-state index < -0.39 is 0 Å². The van der Waals surface area contributed by atoms with Crippen LogP contribution in [0.2, 0.25) is 5.02 Å². The van der Waals surface area contributed by atoms with E-state index in [9.17, 15) is 0 Å². The van der Waals surface area contributed by atoms with E-state index in [-0.39, 0.29) is 11.7 Å². The van der Waals surface area contributed by atoms with E-state index in [0.717, 1.165) is 5.56 Å². The number of hydrogen-bond acceptors (Lipinski definition) is 4. The van der Waals surface area contributed by atoms with Gasteiger partial charge in [-0.15, -0.1) is 5.10 Å². The molecule has 0 unspecified atom stereocenters. The number of halogens is 1. The number of ether oxygens (including phenoxy) is 1. The number of nitrogens with two attached hydrogens (primary N) is 1. The van der Waals surface area contributed by atoms with Gasteiger partial charge in [-0.3, -0.25) is 5.41 Å². The lowest BCUT2D eigenvalue weighted by Gasteiger charge is -2.12. The summed E-state index contributed by atoms with van der Waals surface area (Å²) in [5.74, 6) is 0.623. The van der Waals surface area contributed by atoms with Crippen LogP contribution >= 0.6 is 11.6 Å². The van der Waals surface area contributed by atoms with E-state index in [1.165, 1.54) is 0 Å². The standard InChI is InChI=1S/C13H13ClN4O/c1-7-8(2)17-18-13(11(7)12(15)16)19-10-5-3-4-9(14)6-10/h3-6H,1-2H3,(H3,15,16). The van der Waals surface area contributed by atoms with E-state index in [2.05, 4.69) is 10.2 Å². The molecule has 98 valence electrons. The SMILES string of the molecule is Cc1nnc(Oc2cccc(Cl)c2)c(C(=N)N)c1C. The number of benzene rings is 1. The van der Waals surface area contributed by atoms with Gasteiger partial charge in [0.1, 0.15) is 11.6 Å². The van der Waals surface area contributed by atoms with Gasteiger partial charge >= 0.3 is 0 Å². The highest BCUT2D eigenvalue weighted by molar-refractivity contribution is 6.30. The molecule has 2 rings (SSSR count). The summed E-state index contributed by atoms with van der Waals surface area (Å²) in [5, 5.41) is 16.1. The third-order valence-corrected chi connectivity index (χ3v) is 2.94. The fourth-order valence-corrected chi connectivity index (χ4v) is 1.80. The number of hydrogen-bond donors (Lipinski definition) is 2. The van der Waals surface area contributed by atoms with Gasteiger partial charge in [0.05, 0.1) is 11.3 Å². The second-order valence-corrected chi connectivity index (χ2v) is 4.50. The average molecular weight is 277 g/mol. The van der Waals surface area contributed by atoms with Gasteiger partial charge in [-0.25, -0.2) is 0 Å². The minimum Gasteiger partial charge on any atom is -0.437 e. The van der Waals surface area contributed by atoms with Gasteiger partial charge in [-0.2, -0.15) is 5.10 Å². The molecule has 0 aliphatic heterocycles. The highest BCUT2D eigenvalue weighted by atomic mass is 35.5. The van der Waals surface area contributed by atoms with Crippen LogP contribution in [0.4, 0.5) is 0 Å². The Morgan fingerprint density at radius 3 is 2.68 bits per heavy atom. The van der Waals surface area contributed by atoms with Crippen molar-refractivity contribution in [3.63, 3.8) is 0 Å². The topological polar surface area (TPSA) is 84.9 Å². The molecular weight excluding hydrogens is 264 g/mol. The fraction of sp³-hybridized carbons (Fsp3) is 0.154. The molecule has 1 aromatic heterocycles. The van der Waals surface area contributed by atoms with Crippen molar-refractivity contribution in [1.82, 2.24) is 10.2 Å². The van der Waals surface area contributed by atoms with Crippen molar-refractivity contribution in [2.45, 2.75) is 13.8 Å². The predicted octanol–water partition coefficient (Wildman–Crippen LogP) is 2.82. The van der Waals surface area contributed by atoms with E-state index in [1.807, 2.05) is 6.92 Å². The Labute approximate surface area is 115 Å². The molecule has 0 atom stereocenters. The summed E-state index contributed by atoms with van der Waals surface area (Å²) >= 11 is 5.89. The Kier molecular flexibility index (Phi) is 3.66. The van der Waals surface area contributed by atoms with Crippen LogP contribution in [-0.4, -0.2) is 16.0 Å². The van der Waals surface area contributed by atoms with E-state index >= 15 is 0 Å². The van der Waals surface area contributed by atoms with Crippen molar-refractivity contribution >= 4 is 17.4 Å². The van der Waals surface area contributed by atoms with Gasteiger partial charge in [-0.1, -0.05) is 17.7 Å². The molecular formula is C13H13ClN4O. The largest absolute Gasteiger partial charge is 0.437 e. The summed E-state index contributed by atoms with van der Waals surface area (Å²) in [5.41, 5.74) is 7.52. The number of nitrogens with zero attached hydrogens (tertiary/aromatic N) is 2. The Morgan fingerprint density at radius 1 is 1.32 bits per heavy atom. The zero-order valence-corrected chi connectivity index (χ0v) is 11.3. The van der Waals surface area contributed by atoms with Crippen molar-refractivity contribution in [3.05, 3.63) is 46.1 Å². The molecule has 1 aromatic carbocycles. The Hall–Kier alpha value is -2.14. The van der Waals surface area contributed by atoms with E-state index in [0.29, 0.717) is 22.0 Å². The van der Waals surface area contributed by atoms with E-state index in [1.54, 1.807) is 31.2 Å². The molecule has 0 spiro atoms. The molecule has 5 nitrogen and oxygen atoms in total. The zero-order valence-electron chi connectivity index (χ0n) is 10.6. The minimum absolute atomic E-state index is 0.104. The smallest absolute Gasteiger partial charge is 0.250 e. The third-order valence-electron chi connectivity index (χ3n) is 2.70. The first kappa shape index (κ1) is 13.3. The second kappa shape index (κ2) is 5.24. The van der Waals surface area contributed by atoms with Crippen LogP contribution < -0.4 is 10.5 Å². The molecule has 0 aliphatic carbocycles. The van der Waals surface area contributed by atoms with Gasteiger partial charge in [0.25, 0.3) is 0 Å². The number of aromatic nitrogens is 2. The number of aryl methyl sites for hydroxylation is 1. The molecule has 19 heavy (non-hydrogen) atoms. The van der Waals surface area contributed by atoms with E-state index in [4.69, 9.17) is 27.5 Å².